The standard InChI is InChI=1S/C11H12BrNO4/c12-9-5-7(6-17-9)10(14)13-4-2-1-3-8(13)11(15)16/h5-6,8H,1-4H2,(H,15,16). The zero-order chi connectivity index (χ0) is 12.4. The molecule has 1 aliphatic heterocycles. The van der Waals surface area contributed by atoms with Crippen molar-refractivity contribution in [1.29, 1.82) is 0 Å². The van der Waals surface area contributed by atoms with Gasteiger partial charge in [0.15, 0.2) is 4.67 Å². The molecule has 2 heterocycles. The van der Waals surface area contributed by atoms with Gasteiger partial charge in [0.1, 0.15) is 12.3 Å². The first-order chi connectivity index (χ1) is 8.09. The summed E-state index contributed by atoms with van der Waals surface area (Å²) in [5, 5.41) is 9.08. The van der Waals surface area contributed by atoms with Crippen molar-refractivity contribution in [1.82, 2.24) is 4.90 Å². The Morgan fingerprint density at radius 1 is 1.47 bits per heavy atom. The van der Waals surface area contributed by atoms with E-state index in [1.807, 2.05) is 0 Å². The molecule has 0 aliphatic carbocycles. The van der Waals surface area contributed by atoms with Crippen LogP contribution in [0.5, 0.6) is 0 Å². The van der Waals surface area contributed by atoms with E-state index >= 15 is 0 Å². The van der Waals surface area contributed by atoms with Gasteiger partial charge in [-0.15, -0.1) is 0 Å². The lowest BCUT2D eigenvalue weighted by atomic mass is 10.0. The lowest BCUT2D eigenvalue weighted by Crippen LogP contribution is -2.47. The molecule has 1 aromatic rings. The number of halogens is 1. The minimum absolute atomic E-state index is 0.286. The zero-order valence-corrected chi connectivity index (χ0v) is 10.6. The van der Waals surface area contributed by atoms with Crippen molar-refractivity contribution in [3.63, 3.8) is 0 Å². The normalized spacial score (nSPS) is 20.3. The van der Waals surface area contributed by atoms with E-state index in [4.69, 9.17) is 9.52 Å². The number of amides is 1. The third-order valence-electron chi connectivity index (χ3n) is 2.86. The Hall–Kier alpha value is -1.30. The van der Waals surface area contributed by atoms with Gasteiger partial charge in [-0.25, -0.2) is 4.79 Å². The fraction of sp³-hybridized carbons (Fsp3) is 0.455. The summed E-state index contributed by atoms with van der Waals surface area (Å²) in [4.78, 5) is 24.6. The first-order valence-corrected chi connectivity index (χ1v) is 6.16. The second kappa shape index (κ2) is 4.91. The van der Waals surface area contributed by atoms with E-state index in [0.29, 0.717) is 23.2 Å². The number of carboxylic acids is 1. The molecule has 2 rings (SSSR count). The number of rotatable bonds is 2. The molecule has 1 unspecified atom stereocenters. The molecular formula is C11H12BrNO4. The summed E-state index contributed by atoms with van der Waals surface area (Å²) in [7, 11) is 0. The van der Waals surface area contributed by atoms with Crippen LogP contribution in [0.3, 0.4) is 0 Å². The lowest BCUT2D eigenvalue weighted by Gasteiger charge is -2.32. The zero-order valence-electron chi connectivity index (χ0n) is 9.06. The van der Waals surface area contributed by atoms with Gasteiger partial charge < -0.3 is 14.4 Å². The monoisotopic (exact) mass is 301 g/mol. The summed E-state index contributed by atoms with van der Waals surface area (Å²) in [6.45, 7) is 0.485. The van der Waals surface area contributed by atoms with Crippen molar-refractivity contribution >= 4 is 27.8 Å². The molecule has 0 radical (unpaired) electrons. The van der Waals surface area contributed by atoms with Gasteiger partial charge >= 0.3 is 5.97 Å². The highest BCUT2D eigenvalue weighted by molar-refractivity contribution is 9.10. The van der Waals surface area contributed by atoms with E-state index in [2.05, 4.69) is 15.9 Å². The number of carbonyl (C=O) groups excluding carboxylic acids is 1. The van der Waals surface area contributed by atoms with Crippen LogP contribution in [0.1, 0.15) is 29.6 Å². The van der Waals surface area contributed by atoms with Crippen molar-refractivity contribution in [3.8, 4) is 0 Å². The molecule has 6 heteroatoms. The van der Waals surface area contributed by atoms with Crippen LogP contribution in [0, 0.1) is 0 Å². The predicted octanol–water partition coefficient (Wildman–Crippen LogP) is 2.12. The number of hydrogen-bond acceptors (Lipinski definition) is 3. The molecule has 0 bridgehead atoms. The van der Waals surface area contributed by atoms with Gasteiger partial charge in [0, 0.05) is 12.6 Å². The minimum Gasteiger partial charge on any atom is -0.480 e. The van der Waals surface area contributed by atoms with Crippen molar-refractivity contribution in [2.75, 3.05) is 6.54 Å². The SMILES string of the molecule is O=C(O)C1CCCCN1C(=O)c1coc(Br)c1. The lowest BCUT2D eigenvalue weighted by molar-refractivity contribution is -0.143. The van der Waals surface area contributed by atoms with Crippen LogP contribution >= 0.6 is 15.9 Å². The van der Waals surface area contributed by atoms with E-state index in [0.717, 1.165) is 12.8 Å². The number of carboxylic acid groups (broad SMARTS) is 1. The average Bonchev–Trinajstić information content (AvgIpc) is 2.75. The van der Waals surface area contributed by atoms with Crippen molar-refractivity contribution < 1.29 is 19.1 Å². The number of hydrogen-bond donors (Lipinski definition) is 1. The molecule has 1 N–H and O–H groups in total. The molecular weight excluding hydrogens is 290 g/mol. The summed E-state index contributed by atoms with van der Waals surface area (Å²) in [5.74, 6) is -1.23. The highest BCUT2D eigenvalue weighted by atomic mass is 79.9. The van der Waals surface area contributed by atoms with E-state index in [-0.39, 0.29) is 5.91 Å². The molecule has 5 nitrogen and oxygen atoms in total. The molecule has 1 aromatic heterocycles. The maximum absolute atomic E-state index is 12.1. The Morgan fingerprint density at radius 3 is 2.82 bits per heavy atom. The van der Waals surface area contributed by atoms with Gasteiger partial charge in [-0.05, 0) is 35.2 Å². The van der Waals surface area contributed by atoms with Crippen LogP contribution in [-0.4, -0.2) is 34.5 Å². The van der Waals surface area contributed by atoms with Gasteiger partial charge in [-0.1, -0.05) is 0 Å². The quantitative estimate of drug-likeness (QED) is 0.908. The van der Waals surface area contributed by atoms with Gasteiger partial charge in [-0.2, -0.15) is 0 Å². The Morgan fingerprint density at radius 2 is 2.24 bits per heavy atom. The number of likely N-dealkylation sites (tertiary alicyclic amines) is 1. The van der Waals surface area contributed by atoms with E-state index < -0.39 is 12.0 Å². The molecule has 1 fully saturated rings. The Balaban J connectivity index is 2.19. The van der Waals surface area contributed by atoms with Crippen LogP contribution in [-0.2, 0) is 4.79 Å². The topological polar surface area (TPSA) is 70.8 Å². The number of nitrogens with zero attached hydrogens (tertiary/aromatic N) is 1. The van der Waals surface area contributed by atoms with Crippen LogP contribution < -0.4 is 0 Å². The second-order valence-electron chi connectivity index (χ2n) is 3.99. The molecule has 0 aromatic carbocycles. The van der Waals surface area contributed by atoms with Crippen molar-refractivity contribution in [2.24, 2.45) is 0 Å². The van der Waals surface area contributed by atoms with Crippen LogP contribution in [0.4, 0.5) is 0 Å². The Bertz CT molecular complexity index is 442. The predicted molar refractivity (Wildman–Crippen MR) is 62.7 cm³/mol. The van der Waals surface area contributed by atoms with E-state index in [9.17, 15) is 9.59 Å². The first-order valence-electron chi connectivity index (χ1n) is 5.37. The number of piperidine rings is 1. The van der Waals surface area contributed by atoms with Gasteiger partial charge in [-0.3, -0.25) is 4.79 Å². The molecule has 1 atom stereocenters. The number of furan rings is 1. The molecule has 1 amide bonds. The summed E-state index contributed by atoms with van der Waals surface area (Å²) in [6.07, 6.45) is 3.53. The first kappa shape index (κ1) is 12.2. The molecule has 0 spiro atoms. The summed E-state index contributed by atoms with van der Waals surface area (Å²) < 4.78 is 5.46. The van der Waals surface area contributed by atoms with Gasteiger partial charge in [0.25, 0.3) is 5.91 Å². The molecule has 1 aliphatic rings. The molecule has 1 saturated heterocycles. The number of carbonyl (C=O) groups is 2. The minimum atomic E-state index is -0.944. The number of aliphatic carboxylic acids is 1. The maximum Gasteiger partial charge on any atom is 0.326 e. The maximum atomic E-state index is 12.1. The van der Waals surface area contributed by atoms with Crippen LogP contribution in [0.2, 0.25) is 0 Å². The summed E-state index contributed by atoms with van der Waals surface area (Å²) in [5.41, 5.74) is 0.380. The Labute approximate surface area is 107 Å². The largest absolute Gasteiger partial charge is 0.480 e. The van der Waals surface area contributed by atoms with Crippen molar-refractivity contribution in [2.45, 2.75) is 25.3 Å². The molecule has 0 saturated carbocycles. The fourth-order valence-electron chi connectivity index (χ4n) is 2.02. The highest BCUT2D eigenvalue weighted by Gasteiger charge is 2.32. The fourth-order valence-corrected chi connectivity index (χ4v) is 2.36. The van der Waals surface area contributed by atoms with Crippen LogP contribution in [0.15, 0.2) is 21.4 Å². The molecule has 92 valence electrons. The van der Waals surface area contributed by atoms with Crippen LogP contribution in [0.25, 0.3) is 0 Å². The van der Waals surface area contributed by atoms with E-state index in [1.165, 1.54) is 11.2 Å². The van der Waals surface area contributed by atoms with Gasteiger partial charge in [0.2, 0.25) is 0 Å². The average molecular weight is 302 g/mol. The van der Waals surface area contributed by atoms with Crippen molar-refractivity contribution in [3.05, 3.63) is 22.6 Å². The third-order valence-corrected chi connectivity index (χ3v) is 3.28. The van der Waals surface area contributed by atoms with Gasteiger partial charge in [0.05, 0.1) is 5.56 Å². The smallest absolute Gasteiger partial charge is 0.326 e. The highest BCUT2D eigenvalue weighted by Crippen LogP contribution is 2.22. The third kappa shape index (κ3) is 2.52. The Kier molecular flexibility index (Phi) is 3.51. The second-order valence-corrected chi connectivity index (χ2v) is 4.77. The summed E-state index contributed by atoms with van der Waals surface area (Å²) in [6, 6.07) is 0.834. The van der Waals surface area contributed by atoms with E-state index in [1.54, 1.807) is 6.07 Å². The summed E-state index contributed by atoms with van der Waals surface area (Å²) >= 11 is 3.11. The molecule has 17 heavy (non-hydrogen) atoms.